The SMILES string of the molecule is C=CCn1c(SCC(=O)c2ccc(C#N)cc2)nnc1-c1ccc(OC)cc1. The quantitative estimate of drug-likeness (QED) is 0.329. The van der Waals surface area contributed by atoms with Gasteiger partial charge in [0.25, 0.3) is 0 Å². The van der Waals surface area contributed by atoms with Crippen molar-refractivity contribution in [2.45, 2.75) is 11.7 Å². The average Bonchev–Trinajstić information content (AvgIpc) is 3.15. The highest BCUT2D eigenvalue weighted by atomic mass is 32.2. The van der Waals surface area contributed by atoms with Crippen LogP contribution in [0.3, 0.4) is 0 Å². The molecule has 0 aliphatic rings. The van der Waals surface area contributed by atoms with Crippen LogP contribution in [0.1, 0.15) is 15.9 Å². The molecule has 3 rings (SSSR count). The molecule has 0 saturated carbocycles. The minimum absolute atomic E-state index is 0.0337. The molecule has 1 aromatic heterocycles. The lowest BCUT2D eigenvalue weighted by Gasteiger charge is -2.08. The molecule has 0 N–H and O–H groups in total. The molecule has 3 aromatic rings. The van der Waals surface area contributed by atoms with Crippen molar-refractivity contribution >= 4 is 17.5 Å². The lowest BCUT2D eigenvalue weighted by molar-refractivity contribution is 0.102. The van der Waals surface area contributed by atoms with Crippen molar-refractivity contribution in [1.82, 2.24) is 14.8 Å². The third-order valence-corrected chi connectivity index (χ3v) is 5.01. The molecule has 140 valence electrons. The van der Waals surface area contributed by atoms with Crippen molar-refractivity contribution in [2.75, 3.05) is 12.9 Å². The maximum absolute atomic E-state index is 12.4. The van der Waals surface area contributed by atoms with Gasteiger partial charge in [-0.1, -0.05) is 30.0 Å². The van der Waals surface area contributed by atoms with Gasteiger partial charge in [0.1, 0.15) is 5.75 Å². The maximum atomic E-state index is 12.4. The lowest BCUT2D eigenvalue weighted by atomic mass is 10.1. The molecule has 6 nitrogen and oxygen atoms in total. The molecule has 0 fully saturated rings. The second-order valence-electron chi connectivity index (χ2n) is 5.83. The number of ketones is 1. The van der Waals surface area contributed by atoms with Crippen LogP contribution >= 0.6 is 11.8 Å². The van der Waals surface area contributed by atoms with Crippen LogP contribution in [0, 0.1) is 11.3 Å². The first kappa shape index (κ1) is 19.4. The molecule has 0 spiro atoms. The van der Waals surface area contributed by atoms with Gasteiger partial charge in [-0.15, -0.1) is 16.8 Å². The van der Waals surface area contributed by atoms with Crippen molar-refractivity contribution in [1.29, 1.82) is 5.26 Å². The van der Waals surface area contributed by atoms with Gasteiger partial charge in [-0.3, -0.25) is 9.36 Å². The Hall–Kier alpha value is -3.37. The summed E-state index contributed by atoms with van der Waals surface area (Å²) in [6.07, 6.45) is 1.77. The van der Waals surface area contributed by atoms with Crippen LogP contribution < -0.4 is 4.74 Å². The van der Waals surface area contributed by atoms with Crippen LogP contribution in [0.2, 0.25) is 0 Å². The van der Waals surface area contributed by atoms with Crippen LogP contribution in [0.25, 0.3) is 11.4 Å². The molecule has 0 aliphatic heterocycles. The Labute approximate surface area is 167 Å². The van der Waals surface area contributed by atoms with Crippen LogP contribution in [-0.2, 0) is 6.54 Å². The van der Waals surface area contributed by atoms with E-state index in [4.69, 9.17) is 10.00 Å². The molecule has 0 bridgehead atoms. The normalized spacial score (nSPS) is 10.3. The molecule has 0 unspecified atom stereocenters. The molecule has 2 aromatic carbocycles. The lowest BCUT2D eigenvalue weighted by Crippen LogP contribution is -2.05. The van der Waals surface area contributed by atoms with Crippen LogP contribution in [0.15, 0.2) is 66.3 Å². The molecule has 7 heteroatoms. The third-order valence-electron chi connectivity index (χ3n) is 4.05. The zero-order chi connectivity index (χ0) is 19.9. The summed E-state index contributed by atoms with van der Waals surface area (Å²) in [5.74, 6) is 1.66. The van der Waals surface area contributed by atoms with E-state index in [1.807, 2.05) is 34.9 Å². The summed E-state index contributed by atoms with van der Waals surface area (Å²) in [5.41, 5.74) is 2.00. The van der Waals surface area contributed by atoms with Crippen molar-refractivity contribution in [3.8, 4) is 23.2 Å². The Balaban J connectivity index is 1.77. The summed E-state index contributed by atoms with van der Waals surface area (Å²) in [7, 11) is 1.62. The zero-order valence-corrected chi connectivity index (χ0v) is 16.1. The third kappa shape index (κ3) is 4.30. The number of rotatable bonds is 8. The van der Waals surface area contributed by atoms with Gasteiger partial charge in [0, 0.05) is 17.7 Å². The molecule has 0 radical (unpaired) electrons. The minimum Gasteiger partial charge on any atom is -0.497 e. The summed E-state index contributed by atoms with van der Waals surface area (Å²) in [6, 6.07) is 16.2. The molecular weight excluding hydrogens is 372 g/mol. The second-order valence-corrected chi connectivity index (χ2v) is 6.78. The minimum atomic E-state index is -0.0337. The van der Waals surface area contributed by atoms with Crippen molar-refractivity contribution in [2.24, 2.45) is 0 Å². The first-order chi connectivity index (χ1) is 13.7. The van der Waals surface area contributed by atoms with Crippen molar-refractivity contribution in [3.05, 3.63) is 72.3 Å². The fourth-order valence-electron chi connectivity index (χ4n) is 2.59. The largest absolute Gasteiger partial charge is 0.497 e. The maximum Gasteiger partial charge on any atom is 0.192 e. The average molecular weight is 390 g/mol. The first-order valence-corrected chi connectivity index (χ1v) is 9.49. The van der Waals surface area contributed by atoms with E-state index in [0.717, 1.165) is 11.3 Å². The standard InChI is InChI=1S/C21H18N4O2S/c1-3-12-25-20(17-8-10-18(27-2)11-9-17)23-24-21(25)28-14-19(26)16-6-4-15(13-22)5-7-16/h3-11H,1,12,14H2,2H3. The number of allylic oxidation sites excluding steroid dienone is 1. The predicted octanol–water partition coefficient (Wildman–Crippen LogP) is 3.99. The molecule has 28 heavy (non-hydrogen) atoms. The van der Waals surface area contributed by atoms with Gasteiger partial charge in [0.2, 0.25) is 0 Å². The van der Waals surface area contributed by atoms with Crippen molar-refractivity contribution < 1.29 is 9.53 Å². The van der Waals surface area contributed by atoms with E-state index in [0.29, 0.717) is 28.7 Å². The second kappa shape index (κ2) is 9.02. The molecule has 0 saturated heterocycles. The van der Waals surface area contributed by atoms with Crippen LogP contribution in [0.4, 0.5) is 0 Å². The highest BCUT2D eigenvalue weighted by Crippen LogP contribution is 2.26. The number of thioether (sulfide) groups is 1. The number of nitrogens with zero attached hydrogens (tertiary/aromatic N) is 4. The van der Waals surface area contributed by atoms with Gasteiger partial charge in [0.15, 0.2) is 16.8 Å². The topological polar surface area (TPSA) is 80.8 Å². The van der Waals surface area contributed by atoms with Gasteiger partial charge < -0.3 is 4.74 Å². The summed E-state index contributed by atoms with van der Waals surface area (Å²) in [6.45, 7) is 4.33. The van der Waals surface area contributed by atoms with E-state index < -0.39 is 0 Å². The smallest absolute Gasteiger partial charge is 0.192 e. The van der Waals surface area contributed by atoms with E-state index in [1.54, 1.807) is 37.5 Å². The number of carbonyl (C=O) groups excluding carboxylic acids is 1. The number of aromatic nitrogens is 3. The Morgan fingerprint density at radius 2 is 1.93 bits per heavy atom. The number of methoxy groups -OCH3 is 1. The first-order valence-electron chi connectivity index (χ1n) is 8.51. The summed E-state index contributed by atoms with van der Waals surface area (Å²) >= 11 is 1.33. The molecule has 1 heterocycles. The number of benzene rings is 2. The van der Waals surface area contributed by atoms with Gasteiger partial charge in [-0.2, -0.15) is 5.26 Å². The highest BCUT2D eigenvalue weighted by Gasteiger charge is 2.15. The monoisotopic (exact) mass is 390 g/mol. The van der Waals surface area contributed by atoms with Gasteiger partial charge in [0.05, 0.1) is 24.5 Å². The van der Waals surface area contributed by atoms with Crippen LogP contribution in [-0.4, -0.2) is 33.4 Å². The fourth-order valence-corrected chi connectivity index (χ4v) is 3.43. The van der Waals surface area contributed by atoms with E-state index >= 15 is 0 Å². The van der Waals surface area contributed by atoms with E-state index in [-0.39, 0.29) is 11.5 Å². The molecular formula is C21H18N4O2S. The fraction of sp³-hybridized carbons (Fsp3) is 0.143. The number of hydrogen-bond acceptors (Lipinski definition) is 6. The van der Waals surface area contributed by atoms with E-state index in [2.05, 4.69) is 16.8 Å². The molecule has 0 amide bonds. The number of carbonyl (C=O) groups is 1. The number of hydrogen-bond donors (Lipinski definition) is 0. The predicted molar refractivity (Wildman–Crippen MR) is 108 cm³/mol. The van der Waals surface area contributed by atoms with E-state index in [1.165, 1.54) is 11.8 Å². The van der Waals surface area contributed by atoms with Crippen LogP contribution in [0.5, 0.6) is 5.75 Å². The Kier molecular flexibility index (Phi) is 6.25. The van der Waals surface area contributed by atoms with Gasteiger partial charge >= 0.3 is 0 Å². The van der Waals surface area contributed by atoms with Gasteiger partial charge in [-0.25, -0.2) is 0 Å². The highest BCUT2D eigenvalue weighted by molar-refractivity contribution is 7.99. The summed E-state index contributed by atoms with van der Waals surface area (Å²) in [5, 5.41) is 18.0. The summed E-state index contributed by atoms with van der Waals surface area (Å²) in [4.78, 5) is 12.4. The molecule has 0 aliphatic carbocycles. The number of nitriles is 1. The van der Waals surface area contributed by atoms with Gasteiger partial charge in [-0.05, 0) is 36.4 Å². The Morgan fingerprint density at radius 3 is 2.54 bits per heavy atom. The van der Waals surface area contributed by atoms with Crippen molar-refractivity contribution in [3.63, 3.8) is 0 Å². The number of ether oxygens (including phenoxy) is 1. The number of Topliss-reactive ketones (excluding diaryl/α,β-unsaturated/α-hetero) is 1. The Bertz CT molecular complexity index is 1020. The molecule has 0 atom stereocenters. The summed E-state index contributed by atoms with van der Waals surface area (Å²) < 4.78 is 7.11. The van der Waals surface area contributed by atoms with E-state index in [9.17, 15) is 4.79 Å². The zero-order valence-electron chi connectivity index (χ0n) is 15.3. The Morgan fingerprint density at radius 1 is 1.21 bits per heavy atom.